The van der Waals surface area contributed by atoms with Crippen LogP contribution in [0.2, 0.25) is 0 Å². The Labute approximate surface area is 119 Å². The third-order valence-electron chi connectivity index (χ3n) is 3.41. The molecule has 5 N–H and O–H groups in total. The first-order valence-electron chi connectivity index (χ1n) is 6.74. The molecule has 1 heterocycles. The van der Waals surface area contributed by atoms with E-state index in [1.54, 1.807) is 6.07 Å². The van der Waals surface area contributed by atoms with Crippen LogP contribution in [0.15, 0.2) is 23.1 Å². The summed E-state index contributed by atoms with van der Waals surface area (Å²) in [5, 5.41) is 8.25. The van der Waals surface area contributed by atoms with E-state index in [-0.39, 0.29) is 11.0 Å². The molecule has 0 spiro atoms. The van der Waals surface area contributed by atoms with Gasteiger partial charge in [-0.3, -0.25) is 0 Å². The molecule has 6 nitrogen and oxygen atoms in total. The molecular weight excluding hydrogens is 278 g/mol. The highest BCUT2D eigenvalue weighted by Gasteiger charge is 2.14. The van der Waals surface area contributed by atoms with Gasteiger partial charge in [-0.25, -0.2) is 13.6 Å². The number of ether oxygens (including phenoxy) is 1. The van der Waals surface area contributed by atoms with Crippen LogP contribution in [0.3, 0.4) is 0 Å². The van der Waals surface area contributed by atoms with Crippen molar-refractivity contribution in [1.29, 1.82) is 0 Å². The number of sulfonamides is 1. The number of nitrogens with one attached hydrogen (secondary N) is 1. The zero-order chi connectivity index (χ0) is 14.6. The Morgan fingerprint density at radius 3 is 2.80 bits per heavy atom. The van der Waals surface area contributed by atoms with Crippen LogP contribution in [-0.2, 0) is 14.8 Å². The number of rotatable bonds is 5. The molecule has 0 radical (unpaired) electrons. The number of hydrogen-bond donors (Lipinski definition) is 3. The van der Waals surface area contributed by atoms with E-state index < -0.39 is 10.0 Å². The van der Waals surface area contributed by atoms with Crippen LogP contribution in [0.25, 0.3) is 0 Å². The largest absolute Gasteiger partial charge is 0.397 e. The number of nitrogen functional groups attached to an aromatic ring is 1. The van der Waals surface area contributed by atoms with E-state index in [0.717, 1.165) is 25.9 Å². The van der Waals surface area contributed by atoms with Crippen molar-refractivity contribution in [3.05, 3.63) is 18.2 Å². The van der Waals surface area contributed by atoms with Gasteiger partial charge in [0.25, 0.3) is 0 Å². The molecular formula is C13H21N3O3S. The van der Waals surface area contributed by atoms with Gasteiger partial charge < -0.3 is 15.8 Å². The molecule has 20 heavy (non-hydrogen) atoms. The van der Waals surface area contributed by atoms with Crippen LogP contribution >= 0.6 is 0 Å². The second kappa shape index (κ2) is 6.43. The van der Waals surface area contributed by atoms with E-state index in [9.17, 15) is 8.42 Å². The van der Waals surface area contributed by atoms with Gasteiger partial charge in [0, 0.05) is 13.2 Å². The summed E-state index contributed by atoms with van der Waals surface area (Å²) in [5.41, 5.74) is 6.91. The molecule has 1 aromatic carbocycles. The lowest BCUT2D eigenvalue weighted by Gasteiger charge is -2.23. The molecule has 1 unspecified atom stereocenters. The van der Waals surface area contributed by atoms with E-state index in [1.807, 2.05) is 0 Å². The highest BCUT2D eigenvalue weighted by atomic mass is 32.2. The van der Waals surface area contributed by atoms with Crippen molar-refractivity contribution in [3.8, 4) is 0 Å². The lowest BCUT2D eigenvalue weighted by Crippen LogP contribution is -2.22. The van der Waals surface area contributed by atoms with Crippen molar-refractivity contribution >= 4 is 21.4 Å². The molecule has 0 aliphatic carbocycles. The fourth-order valence-corrected chi connectivity index (χ4v) is 2.81. The maximum absolute atomic E-state index is 11.3. The van der Waals surface area contributed by atoms with Crippen LogP contribution in [0, 0.1) is 0 Å². The Balaban J connectivity index is 1.94. The molecule has 7 heteroatoms. The average Bonchev–Trinajstić information content (AvgIpc) is 2.41. The summed E-state index contributed by atoms with van der Waals surface area (Å²) in [6.07, 6.45) is 4.56. The van der Waals surface area contributed by atoms with E-state index in [1.165, 1.54) is 18.6 Å². The van der Waals surface area contributed by atoms with Crippen LogP contribution in [0.4, 0.5) is 11.4 Å². The van der Waals surface area contributed by atoms with Crippen LogP contribution in [0.5, 0.6) is 0 Å². The molecule has 1 aromatic rings. The number of nitrogens with two attached hydrogens (primary N) is 2. The Kier molecular flexibility index (Phi) is 4.85. The van der Waals surface area contributed by atoms with Crippen molar-refractivity contribution in [3.63, 3.8) is 0 Å². The van der Waals surface area contributed by atoms with E-state index in [0.29, 0.717) is 17.9 Å². The predicted molar refractivity (Wildman–Crippen MR) is 78.9 cm³/mol. The van der Waals surface area contributed by atoms with E-state index >= 15 is 0 Å². The normalized spacial score (nSPS) is 19.8. The summed E-state index contributed by atoms with van der Waals surface area (Å²) in [4.78, 5) is 0.0584. The SMILES string of the molecule is Nc1ccc(S(N)(=O)=O)cc1NCCC1CCCCO1. The number of anilines is 2. The Hall–Kier alpha value is -1.31. The average molecular weight is 299 g/mol. The topological polar surface area (TPSA) is 107 Å². The van der Waals surface area contributed by atoms with Gasteiger partial charge in [0.05, 0.1) is 22.4 Å². The Bertz CT molecular complexity index is 554. The predicted octanol–water partition coefficient (Wildman–Crippen LogP) is 1.29. The van der Waals surface area contributed by atoms with Crippen molar-refractivity contribution < 1.29 is 13.2 Å². The summed E-state index contributed by atoms with van der Waals surface area (Å²) in [6, 6.07) is 4.41. The molecule has 1 aliphatic rings. The van der Waals surface area contributed by atoms with Gasteiger partial charge in [0.2, 0.25) is 10.0 Å². The van der Waals surface area contributed by atoms with Crippen LogP contribution in [-0.4, -0.2) is 27.7 Å². The highest BCUT2D eigenvalue weighted by Crippen LogP contribution is 2.23. The van der Waals surface area contributed by atoms with Crippen molar-refractivity contribution in [1.82, 2.24) is 0 Å². The highest BCUT2D eigenvalue weighted by molar-refractivity contribution is 7.89. The van der Waals surface area contributed by atoms with Crippen molar-refractivity contribution in [2.24, 2.45) is 5.14 Å². The maximum atomic E-state index is 11.3. The van der Waals surface area contributed by atoms with Gasteiger partial charge >= 0.3 is 0 Å². The van der Waals surface area contributed by atoms with Gasteiger partial charge in [0.15, 0.2) is 0 Å². The number of hydrogen-bond acceptors (Lipinski definition) is 5. The Morgan fingerprint density at radius 2 is 2.15 bits per heavy atom. The maximum Gasteiger partial charge on any atom is 0.238 e. The molecule has 1 saturated heterocycles. The summed E-state index contributed by atoms with van der Waals surface area (Å²) in [6.45, 7) is 1.51. The molecule has 0 amide bonds. The number of benzene rings is 1. The molecule has 1 aliphatic heterocycles. The second-order valence-electron chi connectivity index (χ2n) is 5.00. The van der Waals surface area contributed by atoms with Crippen LogP contribution < -0.4 is 16.2 Å². The third-order valence-corrected chi connectivity index (χ3v) is 4.32. The van der Waals surface area contributed by atoms with Crippen molar-refractivity contribution in [2.75, 3.05) is 24.2 Å². The first-order chi connectivity index (χ1) is 9.47. The summed E-state index contributed by atoms with van der Waals surface area (Å²) >= 11 is 0. The van der Waals surface area contributed by atoms with Crippen molar-refractivity contribution in [2.45, 2.75) is 36.7 Å². The summed E-state index contributed by atoms with van der Waals surface area (Å²) in [7, 11) is -3.71. The standard InChI is InChI=1S/C13H21N3O3S/c14-12-5-4-11(20(15,17)18)9-13(12)16-7-6-10-3-1-2-8-19-10/h4-5,9-10,16H,1-3,6-8,14H2,(H2,15,17,18). The minimum absolute atomic E-state index is 0.0584. The van der Waals surface area contributed by atoms with Gasteiger partial charge in [0.1, 0.15) is 0 Å². The van der Waals surface area contributed by atoms with Gasteiger partial charge in [-0.15, -0.1) is 0 Å². The number of primary sulfonamides is 1. The van der Waals surface area contributed by atoms with E-state index in [2.05, 4.69) is 5.32 Å². The third kappa shape index (κ3) is 4.09. The Morgan fingerprint density at radius 1 is 1.35 bits per heavy atom. The lowest BCUT2D eigenvalue weighted by molar-refractivity contribution is 0.0134. The molecule has 0 saturated carbocycles. The molecule has 1 fully saturated rings. The van der Waals surface area contributed by atoms with Gasteiger partial charge in [-0.05, 0) is 43.9 Å². The summed E-state index contributed by atoms with van der Waals surface area (Å²) in [5.74, 6) is 0. The molecule has 0 bridgehead atoms. The lowest BCUT2D eigenvalue weighted by atomic mass is 10.1. The monoisotopic (exact) mass is 299 g/mol. The molecule has 2 rings (SSSR count). The van der Waals surface area contributed by atoms with Gasteiger partial charge in [-0.2, -0.15) is 0 Å². The molecule has 1 atom stereocenters. The summed E-state index contributed by atoms with van der Waals surface area (Å²) < 4.78 is 28.3. The van der Waals surface area contributed by atoms with Crippen LogP contribution in [0.1, 0.15) is 25.7 Å². The first kappa shape index (κ1) is 15.1. The quantitative estimate of drug-likeness (QED) is 0.710. The van der Waals surface area contributed by atoms with Gasteiger partial charge in [-0.1, -0.05) is 0 Å². The zero-order valence-corrected chi connectivity index (χ0v) is 12.2. The fraction of sp³-hybridized carbons (Fsp3) is 0.538. The molecule has 0 aromatic heterocycles. The smallest absolute Gasteiger partial charge is 0.238 e. The molecule has 112 valence electrons. The minimum Gasteiger partial charge on any atom is -0.397 e. The zero-order valence-electron chi connectivity index (χ0n) is 11.3. The fourth-order valence-electron chi connectivity index (χ4n) is 2.27. The minimum atomic E-state index is -3.71. The van der Waals surface area contributed by atoms with E-state index in [4.69, 9.17) is 15.6 Å². The second-order valence-corrected chi connectivity index (χ2v) is 6.56. The first-order valence-corrected chi connectivity index (χ1v) is 8.29.